The summed E-state index contributed by atoms with van der Waals surface area (Å²) in [7, 11) is 1.70. The number of ether oxygens (including phenoxy) is 1. The molecule has 6 nitrogen and oxygen atoms in total. The van der Waals surface area contributed by atoms with Crippen molar-refractivity contribution in [3.05, 3.63) is 54.1 Å². The number of aliphatic hydroxyl groups excluding tert-OH is 1. The number of β-amino-alcohol motifs (C(OH)–C–C–N with tert-alkyl or cyclic N) is 1. The zero-order valence-corrected chi connectivity index (χ0v) is 14.4. The maximum Gasteiger partial charge on any atom is 0.170 e. The van der Waals surface area contributed by atoms with Crippen LogP contribution in [-0.2, 0) is 11.3 Å². The summed E-state index contributed by atoms with van der Waals surface area (Å²) in [5.41, 5.74) is 2.06. The van der Waals surface area contributed by atoms with Gasteiger partial charge in [-0.15, -0.1) is 0 Å². The molecule has 3 rings (SSSR count). The SMILES string of the molecule is COCCn1cccc1C1C(c2ccccn2)NC(=S)N1CCO. The zero-order valence-electron chi connectivity index (χ0n) is 13.6. The van der Waals surface area contributed by atoms with Gasteiger partial charge < -0.3 is 24.6 Å². The number of hydrogen-bond donors (Lipinski definition) is 2. The fourth-order valence-corrected chi connectivity index (χ4v) is 3.50. The van der Waals surface area contributed by atoms with E-state index in [1.54, 1.807) is 13.3 Å². The molecule has 1 saturated heterocycles. The largest absolute Gasteiger partial charge is 0.395 e. The van der Waals surface area contributed by atoms with Gasteiger partial charge in [-0.3, -0.25) is 4.98 Å². The molecule has 2 aromatic heterocycles. The van der Waals surface area contributed by atoms with Gasteiger partial charge in [-0.1, -0.05) is 6.07 Å². The molecule has 24 heavy (non-hydrogen) atoms. The van der Waals surface area contributed by atoms with E-state index in [0.29, 0.717) is 18.3 Å². The van der Waals surface area contributed by atoms with Gasteiger partial charge in [0, 0.05) is 38.3 Å². The van der Waals surface area contributed by atoms with Crippen molar-refractivity contribution in [2.75, 3.05) is 26.9 Å². The summed E-state index contributed by atoms with van der Waals surface area (Å²) in [4.78, 5) is 6.53. The van der Waals surface area contributed by atoms with Crippen LogP contribution in [0.5, 0.6) is 0 Å². The maximum atomic E-state index is 9.46. The van der Waals surface area contributed by atoms with Crippen molar-refractivity contribution >= 4 is 17.3 Å². The Morgan fingerprint density at radius 3 is 2.88 bits per heavy atom. The van der Waals surface area contributed by atoms with E-state index in [2.05, 4.69) is 20.9 Å². The first-order valence-electron chi connectivity index (χ1n) is 7.99. The van der Waals surface area contributed by atoms with Crippen LogP contribution in [0.1, 0.15) is 23.5 Å². The van der Waals surface area contributed by atoms with Gasteiger partial charge in [-0.05, 0) is 36.5 Å². The molecule has 0 bridgehead atoms. The number of aromatic nitrogens is 2. The minimum atomic E-state index is -0.0542. The first-order chi connectivity index (χ1) is 11.8. The van der Waals surface area contributed by atoms with Crippen LogP contribution in [0, 0.1) is 0 Å². The van der Waals surface area contributed by atoms with Crippen LogP contribution in [0.4, 0.5) is 0 Å². The minimum absolute atomic E-state index is 0.0218. The summed E-state index contributed by atoms with van der Waals surface area (Å²) in [5, 5.41) is 13.5. The Bertz CT molecular complexity index is 676. The lowest BCUT2D eigenvalue weighted by molar-refractivity contribution is 0.181. The molecule has 7 heteroatoms. The molecular formula is C17H22N4O2S. The third kappa shape index (κ3) is 3.28. The van der Waals surface area contributed by atoms with E-state index in [1.807, 2.05) is 35.4 Å². The standard InChI is InChI=1S/C17H22N4O2S/c1-23-12-10-20-8-4-6-14(20)16-15(13-5-2-3-7-18-13)19-17(24)21(16)9-11-22/h2-8,15-16,22H,9-12H2,1H3,(H,19,24). The Morgan fingerprint density at radius 1 is 1.29 bits per heavy atom. The third-order valence-electron chi connectivity index (χ3n) is 4.24. The first kappa shape index (κ1) is 16.9. The van der Waals surface area contributed by atoms with E-state index in [-0.39, 0.29) is 18.7 Å². The highest BCUT2D eigenvalue weighted by Gasteiger charge is 2.40. The highest BCUT2D eigenvalue weighted by atomic mass is 32.1. The molecule has 0 spiro atoms. The molecule has 0 amide bonds. The van der Waals surface area contributed by atoms with E-state index >= 15 is 0 Å². The molecule has 0 radical (unpaired) electrons. The summed E-state index contributed by atoms with van der Waals surface area (Å²) in [6.45, 7) is 1.94. The number of rotatable bonds is 7. The van der Waals surface area contributed by atoms with E-state index in [0.717, 1.165) is 17.9 Å². The predicted molar refractivity (Wildman–Crippen MR) is 95.6 cm³/mol. The molecule has 1 aliphatic heterocycles. The number of pyridine rings is 1. The highest BCUT2D eigenvalue weighted by molar-refractivity contribution is 7.80. The van der Waals surface area contributed by atoms with Crippen LogP contribution in [0.25, 0.3) is 0 Å². The lowest BCUT2D eigenvalue weighted by atomic mass is 10.0. The fourth-order valence-electron chi connectivity index (χ4n) is 3.16. The van der Waals surface area contributed by atoms with Crippen LogP contribution >= 0.6 is 12.2 Å². The molecule has 2 aromatic rings. The molecule has 128 valence electrons. The number of hydrogen-bond acceptors (Lipinski definition) is 4. The molecule has 2 unspecified atom stereocenters. The average molecular weight is 346 g/mol. The summed E-state index contributed by atoms with van der Waals surface area (Å²) in [5.74, 6) is 0. The Labute approximate surface area is 147 Å². The second-order valence-electron chi connectivity index (χ2n) is 5.66. The number of aliphatic hydroxyl groups is 1. The molecule has 0 saturated carbocycles. The second-order valence-corrected chi connectivity index (χ2v) is 6.05. The Kier molecular flexibility index (Phi) is 5.44. The van der Waals surface area contributed by atoms with Gasteiger partial charge in [0.1, 0.15) is 0 Å². The van der Waals surface area contributed by atoms with E-state index < -0.39 is 0 Å². The Balaban J connectivity index is 1.98. The van der Waals surface area contributed by atoms with Crippen molar-refractivity contribution in [3.8, 4) is 0 Å². The lowest BCUT2D eigenvalue weighted by Gasteiger charge is -2.28. The van der Waals surface area contributed by atoms with E-state index in [9.17, 15) is 5.11 Å². The van der Waals surface area contributed by atoms with Crippen molar-refractivity contribution in [3.63, 3.8) is 0 Å². The van der Waals surface area contributed by atoms with Crippen LogP contribution in [0.3, 0.4) is 0 Å². The molecule has 2 N–H and O–H groups in total. The number of methoxy groups -OCH3 is 1. The minimum Gasteiger partial charge on any atom is -0.395 e. The summed E-state index contributed by atoms with van der Waals surface area (Å²) < 4.78 is 7.38. The average Bonchev–Trinajstić information content (AvgIpc) is 3.19. The van der Waals surface area contributed by atoms with Crippen molar-refractivity contribution in [1.82, 2.24) is 19.8 Å². The fraction of sp³-hybridized carbons (Fsp3) is 0.412. The van der Waals surface area contributed by atoms with Gasteiger partial charge in [-0.2, -0.15) is 0 Å². The summed E-state index contributed by atoms with van der Waals surface area (Å²) >= 11 is 5.51. The summed E-state index contributed by atoms with van der Waals surface area (Å²) in [6, 6.07) is 9.92. The molecule has 2 atom stereocenters. The third-order valence-corrected chi connectivity index (χ3v) is 4.60. The van der Waals surface area contributed by atoms with Crippen molar-refractivity contribution in [2.24, 2.45) is 0 Å². The van der Waals surface area contributed by atoms with Gasteiger partial charge in [-0.25, -0.2) is 0 Å². The zero-order chi connectivity index (χ0) is 16.9. The number of nitrogens with zero attached hydrogens (tertiary/aromatic N) is 3. The van der Waals surface area contributed by atoms with Crippen LogP contribution in [0.2, 0.25) is 0 Å². The van der Waals surface area contributed by atoms with Gasteiger partial charge in [0.05, 0.1) is 31.0 Å². The number of nitrogens with one attached hydrogen (secondary N) is 1. The van der Waals surface area contributed by atoms with Crippen molar-refractivity contribution < 1.29 is 9.84 Å². The van der Waals surface area contributed by atoms with Gasteiger partial charge >= 0.3 is 0 Å². The van der Waals surface area contributed by atoms with Crippen molar-refractivity contribution in [1.29, 1.82) is 0 Å². The monoisotopic (exact) mass is 346 g/mol. The first-order valence-corrected chi connectivity index (χ1v) is 8.40. The Hall–Kier alpha value is -1.96. The molecule has 1 fully saturated rings. The van der Waals surface area contributed by atoms with Crippen LogP contribution < -0.4 is 5.32 Å². The lowest BCUT2D eigenvalue weighted by Crippen LogP contribution is -2.33. The van der Waals surface area contributed by atoms with Gasteiger partial charge in [0.2, 0.25) is 0 Å². The van der Waals surface area contributed by atoms with Gasteiger partial charge in [0.15, 0.2) is 5.11 Å². The molecular weight excluding hydrogens is 324 g/mol. The molecule has 0 aliphatic carbocycles. The molecule has 0 aromatic carbocycles. The quantitative estimate of drug-likeness (QED) is 0.741. The van der Waals surface area contributed by atoms with Crippen LogP contribution in [0.15, 0.2) is 42.7 Å². The molecule has 1 aliphatic rings. The van der Waals surface area contributed by atoms with E-state index in [1.165, 1.54) is 0 Å². The molecule has 3 heterocycles. The van der Waals surface area contributed by atoms with Crippen molar-refractivity contribution in [2.45, 2.75) is 18.6 Å². The van der Waals surface area contributed by atoms with Crippen LogP contribution in [-0.4, -0.2) is 51.5 Å². The van der Waals surface area contributed by atoms with Gasteiger partial charge in [0.25, 0.3) is 0 Å². The normalized spacial score (nSPS) is 20.4. The smallest absolute Gasteiger partial charge is 0.170 e. The maximum absolute atomic E-state index is 9.46. The number of thiocarbonyl (C=S) groups is 1. The second kappa shape index (κ2) is 7.74. The summed E-state index contributed by atoms with van der Waals surface area (Å²) in [6.07, 6.45) is 3.83. The predicted octanol–water partition coefficient (Wildman–Crippen LogP) is 1.49. The Morgan fingerprint density at radius 2 is 2.17 bits per heavy atom. The topological polar surface area (TPSA) is 62.5 Å². The highest BCUT2D eigenvalue weighted by Crippen LogP contribution is 2.38. The van der Waals surface area contributed by atoms with E-state index in [4.69, 9.17) is 17.0 Å².